The normalized spacial score (nSPS) is 22.4. The number of amides is 1. The van der Waals surface area contributed by atoms with Gasteiger partial charge in [-0.3, -0.25) is 9.59 Å². The monoisotopic (exact) mass is 457 g/mol. The molecule has 1 amide bonds. The van der Waals surface area contributed by atoms with E-state index in [0.717, 1.165) is 12.8 Å². The van der Waals surface area contributed by atoms with E-state index >= 15 is 0 Å². The summed E-state index contributed by atoms with van der Waals surface area (Å²) in [6.07, 6.45) is 1.53. The maximum Gasteiger partial charge on any atom is 0.295 e. The molecule has 8 heteroatoms. The summed E-state index contributed by atoms with van der Waals surface area (Å²) in [7, 11) is 3.04. The standard InChI is InChI=1S/C24H24ClNO6/c1-30-16-9-10-18(19(12-16)31-2)21-20(22(27)14-5-7-15(25)8-6-14)23(28)24(29)26(21)13-17-4-3-11-32-17/h5-10,12,17,21,27H,3-4,11,13H2,1-2H3/b22-20+/t17-,21-/m1/s1. The number of hydrogen-bond acceptors (Lipinski definition) is 6. The van der Waals surface area contributed by atoms with Gasteiger partial charge in [0.15, 0.2) is 0 Å². The summed E-state index contributed by atoms with van der Waals surface area (Å²) < 4.78 is 16.6. The van der Waals surface area contributed by atoms with Gasteiger partial charge in [-0.25, -0.2) is 0 Å². The van der Waals surface area contributed by atoms with Gasteiger partial charge in [-0.05, 0) is 49.2 Å². The highest BCUT2D eigenvalue weighted by molar-refractivity contribution is 6.46. The van der Waals surface area contributed by atoms with Crippen LogP contribution in [0.25, 0.3) is 5.76 Å². The lowest BCUT2D eigenvalue weighted by Crippen LogP contribution is -2.36. The molecule has 0 bridgehead atoms. The second-order valence-electron chi connectivity index (χ2n) is 7.70. The number of ketones is 1. The number of aliphatic hydroxyl groups excluding tert-OH is 1. The molecule has 2 aliphatic rings. The quantitative estimate of drug-likeness (QED) is 0.401. The van der Waals surface area contributed by atoms with Gasteiger partial charge in [0.25, 0.3) is 11.7 Å². The van der Waals surface area contributed by atoms with Gasteiger partial charge in [0, 0.05) is 35.4 Å². The molecular formula is C24H24ClNO6. The second-order valence-corrected chi connectivity index (χ2v) is 8.14. The van der Waals surface area contributed by atoms with Crippen LogP contribution < -0.4 is 9.47 Å². The number of carbonyl (C=O) groups excluding carboxylic acids is 2. The molecule has 2 saturated heterocycles. The van der Waals surface area contributed by atoms with Crippen molar-refractivity contribution < 1.29 is 28.9 Å². The van der Waals surface area contributed by atoms with Crippen molar-refractivity contribution >= 4 is 29.1 Å². The SMILES string of the molecule is COc1ccc([C@@H]2/C(=C(\O)c3ccc(Cl)cc3)C(=O)C(=O)N2C[C@H]2CCCO2)c(OC)c1. The van der Waals surface area contributed by atoms with Crippen molar-refractivity contribution in [3.8, 4) is 11.5 Å². The van der Waals surface area contributed by atoms with Crippen LogP contribution in [0.1, 0.15) is 30.0 Å². The lowest BCUT2D eigenvalue weighted by molar-refractivity contribution is -0.140. The molecule has 2 aliphatic heterocycles. The van der Waals surface area contributed by atoms with Gasteiger partial charge in [0.1, 0.15) is 17.3 Å². The summed E-state index contributed by atoms with van der Waals surface area (Å²) in [5, 5.41) is 11.6. The number of rotatable bonds is 6. The van der Waals surface area contributed by atoms with E-state index in [1.165, 1.54) is 12.0 Å². The predicted octanol–water partition coefficient (Wildman–Crippen LogP) is 3.96. The van der Waals surface area contributed by atoms with Gasteiger partial charge in [0.2, 0.25) is 0 Å². The lowest BCUT2D eigenvalue weighted by atomic mass is 9.94. The topological polar surface area (TPSA) is 85.3 Å². The third-order valence-corrected chi connectivity index (χ3v) is 6.07. The molecule has 2 fully saturated rings. The van der Waals surface area contributed by atoms with Gasteiger partial charge < -0.3 is 24.2 Å². The largest absolute Gasteiger partial charge is 0.507 e. The fourth-order valence-electron chi connectivity index (χ4n) is 4.21. The Balaban J connectivity index is 1.87. The van der Waals surface area contributed by atoms with Gasteiger partial charge >= 0.3 is 0 Å². The van der Waals surface area contributed by atoms with Gasteiger partial charge in [-0.2, -0.15) is 0 Å². The zero-order valence-corrected chi connectivity index (χ0v) is 18.6. The third-order valence-electron chi connectivity index (χ3n) is 5.82. The van der Waals surface area contributed by atoms with Crippen molar-refractivity contribution in [1.82, 2.24) is 4.90 Å². The van der Waals surface area contributed by atoms with Gasteiger partial charge in [-0.15, -0.1) is 0 Å². The van der Waals surface area contributed by atoms with E-state index in [1.54, 1.807) is 49.6 Å². The Morgan fingerprint density at radius 3 is 2.53 bits per heavy atom. The van der Waals surface area contributed by atoms with Crippen molar-refractivity contribution in [3.05, 3.63) is 64.2 Å². The maximum absolute atomic E-state index is 13.1. The molecule has 168 valence electrons. The smallest absolute Gasteiger partial charge is 0.295 e. The van der Waals surface area contributed by atoms with E-state index in [9.17, 15) is 14.7 Å². The molecule has 2 aromatic carbocycles. The van der Waals surface area contributed by atoms with Gasteiger partial charge in [-0.1, -0.05) is 11.6 Å². The van der Waals surface area contributed by atoms with Crippen LogP contribution in [0.15, 0.2) is 48.0 Å². The Morgan fingerprint density at radius 1 is 1.16 bits per heavy atom. The van der Waals surface area contributed by atoms with Crippen LogP contribution in [0.3, 0.4) is 0 Å². The van der Waals surface area contributed by atoms with Crippen molar-refractivity contribution in [2.75, 3.05) is 27.4 Å². The van der Waals surface area contributed by atoms with E-state index in [-0.39, 0.29) is 24.0 Å². The summed E-state index contributed by atoms with van der Waals surface area (Å²) in [5.74, 6) is -0.690. The molecular weight excluding hydrogens is 434 g/mol. The average Bonchev–Trinajstić information content (AvgIpc) is 3.41. The molecule has 0 saturated carbocycles. The number of benzene rings is 2. The molecule has 0 radical (unpaired) electrons. The first-order chi connectivity index (χ1) is 15.4. The summed E-state index contributed by atoms with van der Waals surface area (Å²) in [5.41, 5.74) is 0.960. The molecule has 4 rings (SSSR count). The fourth-order valence-corrected chi connectivity index (χ4v) is 4.33. The zero-order valence-electron chi connectivity index (χ0n) is 17.8. The van der Waals surface area contributed by atoms with Gasteiger partial charge in [0.05, 0.1) is 31.9 Å². The molecule has 0 unspecified atom stereocenters. The number of hydrogen-bond donors (Lipinski definition) is 1. The molecule has 2 atom stereocenters. The van der Waals surface area contributed by atoms with Crippen LogP contribution in [-0.4, -0.2) is 55.2 Å². The minimum atomic E-state index is -0.837. The van der Waals surface area contributed by atoms with E-state index in [1.807, 2.05) is 0 Å². The first kappa shape index (κ1) is 22.2. The number of nitrogens with zero attached hydrogens (tertiary/aromatic N) is 1. The van der Waals surface area contributed by atoms with Crippen molar-refractivity contribution in [3.63, 3.8) is 0 Å². The number of carbonyl (C=O) groups is 2. The number of aliphatic hydroxyl groups is 1. The van der Waals surface area contributed by atoms with Crippen molar-refractivity contribution in [2.24, 2.45) is 0 Å². The van der Waals surface area contributed by atoms with Crippen LogP contribution in [-0.2, 0) is 14.3 Å². The third kappa shape index (κ3) is 4.06. The van der Waals surface area contributed by atoms with Crippen LogP contribution in [0.2, 0.25) is 5.02 Å². The number of methoxy groups -OCH3 is 2. The molecule has 7 nitrogen and oxygen atoms in total. The molecule has 2 aromatic rings. The Bertz CT molecular complexity index is 1060. The second kappa shape index (κ2) is 9.22. The van der Waals surface area contributed by atoms with Crippen LogP contribution >= 0.6 is 11.6 Å². The molecule has 0 spiro atoms. The Hall–Kier alpha value is -3.03. The van der Waals surface area contributed by atoms with Crippen LogP contribution in [0.4, 0.5) is 0 Å². The minimum absolute atomic E-state index is 0.00112. The first-order valence-corrected chi connectivity index (χ1v) is 10.7. The lowest BCUT2D eigenvalue weighted by Gasteiger charge is -2.28. The van der Waals surface area contributed by atoms with Crippen molar-refractivity contribution in [1.29, 1.82) is 0 Å². The molecule has 1 N–H and O–H groups in total. The summed E-state index contributed by atoms with van der Waals surface area (Å²) >= 11 is 5.97. The minimum Gasteiger partial charge on any atom is -0.507 e. The molecule has 0 aromatic heterocycles. The number of Topliss-reactive ketones (excluding diaryl/α,β-unsaturated/α-hetero) is 1. The molecule has 32 heavy (non-hydrogen) atoms. The highest BCUT2D eigenvalue weighted by atomic mass is 35.5. The van der Waals surface area contributed by atoms with Crippen LogP contribution in [0, 0.1) is 0 Å². The Labute approximate surface area is 191 Å². The van der Waals surface area contributed by atoms with E-state index < -0.39 is 17.7 Å². The van der Waals surface area contributed by atoms with Crippen LogP contribution in [0.5, 0.6) is 11.5 Å². The van der Waals surface area contributed by atoms with Crippen molar-refractivity contribution in [2.45, 2.75) is 25.0 Å². The zero-order chi connectivity index (χ0) is 22.8. The van der Waals surface area contributed by atoms with E-state index in [2.05, 4.69) is 0 Å². The summed E-state index contributed by atoms with van der Waals surface area (Å²) in [6, 6.07) is 10.8. The highest BCUT2D eigenvalue weighted by Crippen LogP contribution is 2.44. The average molecular weight is 458 g/mol. The molecule has 2 heterocycles. The number of likely N-dealkylation sites (tertiary alicyclic amines) is 1. The number of halogens is 1. The first-order valence-electron chi connectivity index (χ1n) is 10.3. The maximum atomic E-state index is 13.1. The predicted molar refractivity (Wildman–Crippen MR) is 119 cm³/mol. The van der Waals surface area contributed by atoms with E-state index in [0.29, 0.717) is 34.3 Å². The highest BCUT2D eigenvalue weighted by Gasteiger charge is 2.48. The molecule has 0 aliphatic carbocycles. The summed E-state index contributed by atoms with van der Waals surface area (Å²) in [4.78, 5) is 27.7. The Morgan fingerprint density at radius 2 is 1.91 bits per heavy atom. The van der Waals surface area contributed by atoms with E-state index in [4.69, 9.17) is 25.8 Å². The fraction of sp³-hybridized carbons (Fsp3) is 0.333. The summed E-state index contributed by atoms with van der Waals surface area (Å²) in [6.45, 7) is 0.859. The Kier molecular flexibility index (Phi) is 6.39. The number of ether oxygens (including phenoxy) is 3.